The number of guanidine groups is 1. The lowest BCUT2D eigenvalue weighted by molar-refractivity contribution is 0.802. The van der Waals surface area contributed by atoms with E-state index in [9.17, 15) is 0 Å². The van der Waals surface area contributed by atoms with E-state index in [0.29, 0.717) is 6.54 Å². The van der Waals surface area contributed by atoms with E-state index in [2.05, 4.69) is 64.9 Å². The largest absolute Gasteiger partial charge is 0.361 e. The van der Waals surface area contributed by atoms with E-state index in [1.807, 2.05) is 30.5 Å². The van der Waals surface area contributed by atoms with Gasteiger partial charge in [-0.25, -0.2) is 4.99 Å². The zero-order valence-electron chi connectivity index (χ0n) is 17.4. The molecule has 2 aromatic heterocycles. The topological polar surface area (TPSA) is 65.1 Å². The van der Waals surface area contributed by atoms with Crippen LogP contribution < -0.4 is 10.6 Å². The van der Waals surface area contributed by atoms with E-state index < -0.39 is 0 Å². The first-order chi connectivity index (χ1) is 14.3. The molecular formula is C24H28IN5. The van der Waals surface area contributed by atoms with Crippen LogP contribution in [0.4, 0.5) is 0 Å². The van der Waals surface area contributed by atoms with Crippen LogP contribution in [0.25, 0.3) is 21.8 Å². The van der Waals surface area contributed by atoms with E-state index in [-0.39, 0.29) is 24.0 Å². The Morgan fingerprint density at radius 1 is 1.00 bits per heavy atom. The predicted octanol–water partition coefficient (Wildman–Crippen LogP) is 4.94. The maximum atomic E-state index is 4.79. The van der Waals surface area contributed by atoms with Gasteiger partial charge in [0.15, 0.2) is 5.96 Å². The molecule has 0 fully saturated rings. The van der Waals surface area contributed by atoms with Gasteiger partial charge in [0.25, 0.3) is 0 Å². The number of halogens is 1. The first-order valence-corrected chi connectivity index (χ1v) is 10.2. The van der Waals surface area contributed by atoms with Crippen molar-refractivity contribution >= 4 is 51.7 Å². The molecule has 0 amide bonds. The number of aromatic amines is 1. The number of aryl methyl sites for hydroxylation is 1. The maximum Gasteiger partial charge on any atom is 0.191 e. The molecule has 2 aromatic carbocycles. The summed E-state index contributed by atoms with van der Waals surface area (Å²) < 4.78 is 0. The van der Waals surface area contributed by atoms with Crippen molar-refractivity contribution in [3.8, 4) is 0 Å². The summed E-state index contributed by atoms with van der Waals surface area (Å²) in [6, 6.07) is 16.7. The Kier molecular flexibility index (Phi) is 7.68. The SMILES string of the molecule is CCNC(=NCc1ccnc2ccccc12)NCCc1c[nH]c2c(C)cccc12.I. The molecule has 0 aliphatic rings. The average Bonchev–Trinajstić information content (AvgIpc) is 3.16. The molecular weight excluding hydrogens is 485 g/mol. The van der Waals surface area contributed by atoms with Gasteiger partial charge in [0.2, 0.25) is 0 Å². The van der Waals surface area contributed by atoms with Crippen LogP contribution in [0.3, 0.4) is 0 Å². The molecule has 0 radical (unpaired) electrons. The second-order valence-corrected chi connectivity index (χ2v) is 7.17. The van der Waals surface area contributed by atoms with Crippen molar-refractivity contribution in [1.82, 2.24) is 20.6 Å². The Morgan fingerprint density at radius 2 is 1.83 bits per heavy atom. The summed E-state index contributed by atoms with van der Waals surface area (Å²) in [5, 5.41) is 9.27. The van der Waals surface area contributed by atoms with E-state index in [1.165, 1.54) is 27.6 Å². The number of nitrogens with one attached hydrogen (secondary N) is 3. The molecule has 3 N–H and O–H groups in total. The number of fused-ring (bicyclic) bond motifs is 2. The van der Waals surface area contributed by atoms with E-state index in [1.54, 1.807) is 0 Å². The number of hydrogen-bond donors (Lipinski definition) is 3. The molecule has 156 valence electrons. The Labute approximate surface area is 194 Å². The van der Waals surface area contributed by atoms with Crippen LogP contribution in [-0.2, 0) is 13.0 Å². The van der Waals surface area contributed by atoms with Crippen LogP contribution in [0.2, 0.25) is 0 Å². The van der Waals surface area contributed by atoms with Crippen LogP contribution in [0.5, 0.6) is 0 Å². The summed E-state index contributed by atoms with van der Waals surface area (Å²) >= 11 is 0. The lowest BCUT2D eigenvalue weighted by Crippen LogP contribution is -2.38. The summed E-state index contributed by atoms with van der Waals surface area (Å²) in [4.78, 5) is 12.6. The highest BCUT2D eigenvalue weighted by atomic mass is 127. The number of pyridine rings is 1. The monoisotopic (exact) mass is 513 g/mol. The van der Waals surface area contributed by atoms with Gasteiger partial charge in [0.1, 0.15) is 0 Å². The highest BCUT2D eigenvalue weighted by molar-refractivity contribution is 14.0. The van der Waals surface area contributed by atoms with Gasteiger partial charge in [0.05, 0.1) is 12.1 Å². The smallest absolute Gasteiger partial charge is 0.191 e. The summed E-state index contributed by atoms with van der Waals surface area (Å²) in [6.07, 6.45) is 4.91. The Bertz CT molecular complexity index is 1140. The fourth-order valence-electron chi connectivity index (χ4n) is 3.69. The number of hydrogen-bond acceptors (Lipinski definition) is 2. The summed E-state index contributed by atoms with van der Waals surface area (Å²) in [6.45, 7) is 6.49. The van der Waals surface area contributed by atoms with Crippen LogP contribution in [0.1, 0.15) is 23.6 Å². The van der Waals surface area contributed by atoms with Crippen LogP contribution in [-0.4, -0.2) is 29.0 Å². The number of rotatable bonds is 6. The van der Waals surface area contributed by atoms with Crippen molar-refractivity contribution in [1.29, 1.82) is 0 Å². The van der Waals surface area contributed by atoms with Gasteiger partial charge < -0.3 is 15.6 Å². The molecule has 6 heteroatoms. The van der Waals surface area contributed by atoms with E-state index in [0.717, 1.165) is 36.4 Å². The third-order valence-electron chi connectivity index (χ3n) is 5.19. The second-order valence-electron chi connectivity index (χ2n) is 7.17. The first-order valence-electron chi connectivity index (χ1n) is 10.2. The number of nitrogens with zero attached hydrogens (tertiary/aromatic N) is 2. The fraction of sp³-hybridized carbons (Fsp3) is 0.250. The minimum Gasteiger partial charge on any atom is -0.361 e. The van der Waals surface area contributed by atoms with Gasteiger partial charge in [0, 0.05) is 41.8 Å². The van der Waals surface area contributed by atoms with Gasteiger partial charge in [-0.3, -0.25) is 4.98 Å². The van der Waals surface area contributed by atoms with Crippen molar-refractivity contribution in [2.24, 2.45) is 4.99 Å². The fourth-order valence-corrected chi connectivity index (χ4v) is 3.69. The van der Waals surface area contributed by atoms with Gasteiger partial charge >= 0.3 is 0 Å². The zero-order chi connectivity index (χ0) is 20.1. The Balaban J connectivity index is 0.00000256. The van der Waals surface area contributed by atoms with Crippen LogP contribution >= 0.6 is 24.0 Å². The number of aromatic nitrogens is 2. The van der Waals surface area contributed by atoms with Gasteiger partial charge in [-0.15, -0.1) is 24.0 Å². The van der Waals surface area contributed by atoms with Gasteiger partial charge in [-0.05, 0) is 49.1 Å². The van der Waals surface area contributed by atoms with Gasteiger partial charge in [-0.1, -0.05) is 36.4 Å². The van der Waals surface area contributed by atoms with Crippen molar-refractivity contribution in [3.63, 3.8) is 0 Å². The molecule has 0 saturated carbocycles. The van der Waals surface area contributed by atoms with Crippen molar-refractivity contribution in [2.45, 2.75) is 26.8 Å². The molecule has 0 atom stereocenters. The summed E-state index contributed by atoms with van der Waals surface area (Å²) in [5.74, 6) is 0.837. The molecule has 5 nitrogen and oxygen atoms in total. The Morgan fingerprint density at radius 3 is 2.70 bits per heavy atom. The highest BCUT2D eigenvalue weighted by Gasteiger charge is 2.06. The zero-order valence-corrected chi connectivity index (χ0v) is 19.7. The summed E-state index contributed by atoms with van der Waals surface area (Å²) in [5.41, 5.74) is 6.02. The van der Waals surface area contributed by atoms with Crippen molar-refractivity contribution in [2.75, 3.05) is 13.1 Å². The highest BCUT2D eigenvalue weighted by Crippen LogP contribution is 2.21. The molecule has 0 bridgehead atoms. The van der Waals surface area contributed by atoms with E-state index >= 15 is 0 Å². The quantitative estimate of drug-likeness (QED) is 0.195. The second kappa shape index (κ2) is 10.4. The van der Waals surface area contributed by atoms with E-state index in [4.69, 9.17) is 4.99 Å². The molecule has 0 aliphatic carbocycles. The predicted molar refractivity (Wildman–Crippen MR) is 137 cm³/mol. The van der Waals surface area contributed by atoms with Crippen LogP contribution in [0.15, 0.2) is 65.9 Å². The minimum atomic E-state index is 0. The summed E-state index contributed by atoms with van der Waals surface area (Å²) in [7, 11) is 0. The van der Waals surface area contributed by atoms with Crippen molar-refractivity contribution < 1.29 is 0 Å². The molecule has 4 rings (SSSR count). The lowest BCUT2D eigenvalue weighted by Gasteiger charge is -2.11. The van der Waals surface area contributed by atoms with Crippen molar-refractivity contribution in [3.05, 3.63) is 77.6 Å². The number of para-hydroxylation sites is 2. The number of benzene rings is 2. The first kappa shape index (κ1) is 22.1. The molecule has 2 heterocycles. The molecule has 0 aliphatic heterocycles. The Hall–Kier alpha value is -2.61. The molecule has 0 saturated heterocycles. The number of aliphatic imine (C=N–C) groups is 1. The normalized spacial score (nSPS) is 11.5. The van der Waals surface area contributed by atoms with Crippen LogP contribution in [0, 0.1) is 6.92 Å². The van der Waals surface area contributed by atoms with Gasteiger partial charge in [-0.2, -0.15) is 0 Å². The molecule has 30 heavy (non-hydrogen) atoms. The number of H-pyrrole nitrogens is 1. The standard InChI is InChI=1S/C24H27N5.HI/c1-3-25-24(29-16-18-11-13-26-22-10-5-4-8-20(18)22)27-14-12-19-15-28-23-17(2)7-6-9-21(19)23;/h4-11,13,15,28H,3,12,14,16H2,1-2H3,(H2,25,27,29);1H. The molecule has 0 unspecified atom stereocenters. The minimum absolute atomic E-state index is 0. The third kappa shape index (κ3) is 4.92. The third-order valence-corrected chi connectivity index (χ3v) is 5.19. The molecule has 0 spiro atoms. The molecule has 4 aromatic rings. The maximum absolute atomic E-state index is 4.79. The lowest BCUT2D eigenvalue weighted by atomic mass is 10.1. The average molecular weight is 513 g/mol.